The molecule has 92 heavy (non-hydrogen) atoms. The van der Waals surface area contributed by atoms with Gasteiger partial charge in [0.1, 0.15) is 36.5 Å². The maximum Gasteiger partial charge on any atom is 0.229 e. The number of hydrogen-bond acceptors (Lipinski definition) is 21. The Morgan fingerprint density at radius 2 is 1.04 bits per heavy atom. The van der Waals surface area contributed by atoms with Gasteiger partial charge in [-0.25, -0.2) is 0 Å². The van der Waals surface area contributed by atoms with E-state index in [-0.39, 0.29) is 57.5 Å². The molecule has 0 radical (unpaired) electrons. The number of aliphatic hydroxyl groups excluding tert-OH is 6. The molecule has 0 saturated carbocycles. The molecule has 1 heterocycles. The lowest BCUT2D eigenvalue weighted by molar-refractivity contribution is -0.297. The van der Waals surface area contributed by atoms with E-state index >= 15 is 0 Å². The van der Waals surface area contributed by atoms with Gasteiger partial charge in [0.05, 0.1) is 90.6 Å². The normalized spacial score (nSPS) is 22.1. The highest BCUT2D eigenvalue weighted by molar-refractivity contribution is 5.84. The Morgan fingerprint density at radius 3 is 1.41 bits per heavy atom. The smallest absolute Gasteiger partial charge is 0.229 e. The van der Waals surface area contributed by atoms with Crippen molar-refractivity contribution in [3.05, 3.63) is 11.8 Å². The van der Waals surface area contributed by atoms with Gasteiger partial charge in [-0.2, -0.15) is 0 Å². The largest absolute Gasteiger partial charge is 0.394 e. The maximum absolute atomic E-state index is 14.5. The zero-order valence-corrected chi connectivity index (χ0v) is 60.8. The molecule has 1 aliphatic heterocycles. The predicted molar refractivity (Wildman–Crippen MR) is 352 cm³/mol. The first-order valence-corrected chi connectivity index (χ1v) is 32.4. The Kier molecular flexibility index (Phi) is 32.5. The van der Waals surface area contributed by atoms with Crippen molar-refractivity contribution < 1.29 is 87.8 Å². The lowest BCUT2D eigenvalue weighted by Gasteiger charge is -2.46. The topological polar surface area (TPSA) is 396 Å². The van der Waals surface area contributed by atoms with Crippen LogP contribution in [-0.4, -0.2) is 206 Å². The molecule has 1 rings (SSSR count). The van der Waals surface area contributed by atoms with E-state index in [0.29, 0.717) is 6.42 Å². The number of nitrogens with one attached hydrogen (secondary N) is 6. The van der Waals surface area contributed by atoms with Gasteiger partial charge in [0.25, 0.3) is 0 Å². The molecule has 0 aliphatic carbocycles. The van der Waals surface area contributed by atoms with Gasteiger partial charge in [-0.15, -0.1) is 0 Å². The first-order valence-electron chi connectivity index (χ1n) is 32.4. The number of hydrogen-bond donors (Lipinski definition) is 14. The molecule has 1 fully saturated rings. The Balaban J connectivity index is 3.72. The fourth-order valence-corrected chi connectivity index (χ4v) is 12.4. The van der Waals surface area contributed by atoms with Crippen molar-refractivity contribution in [2.45, 2.75) is 324 Å². The molecule has 0 aromatic rings. The highest BCUT2D eigenvalue weighted by Crippen LogP contribution is 2.38. The van der Waals surface area contributed by atoms with Crippen LogP contribution in [0, 0.1) is 16.2 Å². The van der Waals surface area contributed by atoms with E-state index in [1.807, 2.05) is 75.3 Å². The average Bonchev–Trinajstić information content (AvgIpc) is 0.812. The van der Waals surface area contributed by atoms with Crippen LogP contribution in [0.5, 0.6) is 0 Å². The number of rotatable bonds is 42. The van der Waals surface area contributed by atoms with Gasteiger partial charge in [0.15, 0.2) is 12.6 Å². The Bertz CT molecular complexity index is 2380. The quantitative estimate of drug-likeness (QED) is 0.0388. The molecule has 0 spiro atoms. The van der Waals surface area contributed by atoms with Crippen LogP contribution in [0.15, 0.2) is 11.8 Å². The third kappa shape index (κ3) is 29.8. The molecule has 11 unspecified atom stereocenters. The minimum absolute atomic E-state index is 0.0000262. The van der Waals surface area contributed by atoms with Crippen molar-refractivity contribution in [2.75, 3.05) is 39.6 Å². The van der Waals surface area contributed by atoms with E-state index in [0.717, 1.165) is 18.5 Å². The van der Waals surface area contributed by atoms with Gasteiger partial charge in [-0.1, -0.05) is 61.0 Å². The Hall–Kier alpha value is -3.55. The first-order chi connectivity index (χ1) is 41.5. The van der Waals surface area contributed by atoms with Crippen LogP contribution in [0.2, 0.25) is 0 Å². The van der Waals surface area contributed by atoms with E-state index in [4.69, 9.17) is 44.6 Å². The molecular weight excluding hydrogens is 1190 g/mol. The number of amides is 5. The molecule has 5 amide bonds. The first kappa shape index (κ1) is 86.5. The third-order valence-electron chi connectivity index (χ3n) is 16.1. The highest BCUT2D eigenvalue weighted by Gasteiger charge is 2.50. The predicted octanol–water partition coefficient (Wildman–Crippen LogP) is 3.66. The summed E-state index contributed by atoms with van der Waals surface area (Å²) in [6.07, 6.45) is -5.08. The van der Waals surface area contributed by atoms with E-state index in [2.05, 4.69) is 45.7 Å². The summed E-state index contributed by atoms with van der Waals surface area (Å²) in [5, 5.41) is 79.8. The lowest BCUT2D eigenvalue weighted by atomic mass is 9.79. The monoisotopic (exact) mass is 1320 g/mol. The van der Waals surface area contributed by atoms with Crippen LogP contribution in [0.3, 0.4) is 0 Å². The summed E-state index contributed by atoms with van der Waals surface area (Å²) in [4.78, 5) is 66.9. The van der Waals surface area contributed by atoms with E-state index < -0.39 is 160 Å². The number of nitrogens with two attached hydrogens (primary N) is 2. The van der Waals surface area contributed by atoms with E-state index in [9.17, 15) is 54.6 Å². The minimum atomic E-state index is -1.53. The number of allylic oxidation sites excluding steroid dienone is 2. The molecule has 1 aliphatic rings. The molecular formula is C66H128N8O18. The number of carbonyl (C=O) groups is 5. The van der Waals surface area contributed by atoms with Crippen LogP contribution >= 0.6 is 0 Å². The van der Waals surface area contributed by atoms with Crippen molar-refractivity contribution in [3.63, 3.8) is 0 Å². The minimum Gasteiger partial charge on any atom is -0.394 e. The fraction of sp³-hybridized carbons (Fsp3) is 0.894. The second-order valence-electron chi connectivity index (χ2n) is 31.6. The van der Waals surface area contributed by atoms with E-state index in [1.54, 1.807) is 69.2 Å². The number of carbonyl (C=O) groups excluding carboxylic acids is 5. The maximum atomic E-state index is 14.5. The molecule has 0 aromatic carbocycles. The second kappa shape index (κ2) is 34.6. The van der Waals surface area contributed by atoms with Crippen molar-refractivity contribution in [3.8, 4) is 0 Å². The zero-order valence-electron chi connectivity index (χ0n) is 60.8. The third-order valence-corrected chi connectivity index (χ3v) is 16.1. The summed E-state index contributed by atoms with van der Waals surface area (Å²) in [6, 6.07) is -2.39. The molecule has 540 valence electrons. The van der Waals surface area contributed by atoms with Gasteiger partial charge in [-0.05, 0) is 136 Å². The molecule has 26 heteroatoms. The standard InChI is InChI=1S/C66H128N8O18/c1-26-28-41(4)72-66(37-86-59(14,15)32-56(8,9)53(83)69-40(3)27-2,38-87-60(16,17)33-57(10,11)54(84)73-64(24,67)35-62(20,21)91-51(45(29-75)70-43(6)79)89-46(30-76)42(5)78)39-88-61(18,19)34-58(12,13)55(85)74-65(25,68)36-63(22,23)92-52-48(71-44(7)80)50(82)49(81)47(31-77)90-52/h27,41-42,45-52,72,75-78,81-82H,26,28-39,67-68H2,1-25H3,(H,69,83)(H,70,79)(H,71,80)(H,73,84)(H,74,85)/b40-27+/t41?,42-,45+,46?,47?,48?,49?,50?,51?,52?,64?,65?,66?/m1/s1. The second-order valence-corrected chi connectivity index (χ2v) is 31.6. The Labute approximate surface area is 550 Å². The zero-order chi connectivity index (χ0) is 71.8. The number of ether oxygens (including phenoxy) is 7. The summed E-state index contributed by atoms with van der Waals surface area (Å²) >= 11 is 0. The molecule has 0 bridgehead atoms. The fourth-order valence-electron chi connectivity index (χ4n) is 12.4. The number of aliphatic hydroxyl groups is 6. The van der Waals surface area contributed by atoms with Crippen LogP contribution in [-0.2, 0) is 57.1 Å². The molecule has 0 aromatic heterocycles. The van der Waals surface area contributed by atoms with Crippen molar-refractivity contribution in [1.29, 1.82) is 0 Å². The van der Waals surface area contributed by atoms with Crippen molar-refractivity contribution in [2.24, 2.45) is 27.7 Å². The summed E-state index contributed by atoms with van der Waals surface area (Å²) in [5.41, 5.74) is 2.12. The summed E-state index contributed by atoms with van der Waals surface area (Å²) in [7, 11) is 0. The summed E-state index contributed by atoms with van der Waals surface area (Å²) in [5.74, 6) is -1.96. The van der Waals surface area contributed by atoms with Gasteiger partial charge < -0.3 is 107 Å². The van der Waals surface area contributed by atoms with Crippen molar-refractivity contribution >= 4 is 29.5 Å². The molecule has 13 atom stereocenters. The SMILES string of the molecule is C/C=C(\C)NC(=O)C(C)(C)CC(C)(C)OCC(COC(C)(C)CC(C)(C)C(=O)NC(C)(N)CC(C)(C)OC1OC(CO)C(O)C(O)C1NC(C)=O)(COC(C)(C)CC(C)(C)C(=O)NC(C)(N)CC(C)(C)OC(OC(CO)[C@@H](C)O)[C@H](CO)NC(C)=O)NC(C)CCC. The van der Waals surface area contributed by atoms with Crippen molar-refractivity contribution in [1.82, 2.24) is 31.9 Å². The van der Waals surface area contributed by atoms with Gasteiger partial charge >= 0.3 is 0 Å². The molecule has 1 saturated heterocycles. The summed E-state index contributed by atoms with van der Waals surface area (Å²) < 4.78 is 45.4. The Morgan fingerprint density at radius 1 is 0.609 bits per heavy atom. The van der Waals surface area contributed by atoms with Gasteiger partial charge in [-0.3, -0.25) is 24.0 Å². The highest BCUT2D eigenvalue weighted by atomic mass is 16.7. The van der Waals surface area contributed by atoms with Gasteiger partial charge in [0.2, 0.25) is 29.5 Å². The van der Waals surface area contributed by atoms with Gasteiger partial charge in [0, 0.05) is 54.7 Å². The van der Waals surface area contributed by atoms with Crippen LogP contribution in [0.25, 0.3) is 0 Å². The molecule has 16 N–H and O–H groups in total. The molecule has 26 nitrogen and oxygen atoms in total. The van der Waals surface area contributed by atoms with E-state index in [1.165, 1.54) is 20.8 Å². The van der Waals surface area contributed by atoms with Crippen LogP contribution < -0.4 is 43.4 Å². The van der Waals surface area contributed by atoms with Crippen LogP contribution in [0.1, 0.15) is 218 Å². The average molecular weight is 1320 g/mol. The van der Waals surface area contributed by atoms with Crippen LogP contribution in [0.4, 0.5) is 0 Å². The lowest BCUT2D eigenvalue weighted by Crippen LogP contribution is -2.66. The summed E-state index contributed by atoms with van der Waals surface area (Å²) in [6.45, 7) is 42.3.